The lowest BCUT2D eigenvalue weighted by Gasteiger charge is -2.17. The molecule has 2 aromatic carbocycles. The van der Waals surface area contributed by atoms with E-state index >= 15 is 0 Å². The van der Waals surface area contributed by atoms with Gasteiger partial charge in [-0.25, -0.2) is 0 Å². The molecule has 156 valence electrons. The van der Waals surface area contributed by atoms with Crippen molar-refractivity contribution in [2.24, 2.45) is 0 Å². The molecule has 0 spiro atoms. The normalized spacial score (nSPS) is 11.1. The van der Waals surface area contributed by atoms with Gasteiger partial charge in [0.05, 0.1) is 7.11 Å². The van der Waals surface area contributed by atoms with Crippen LogP contribution in [0.4, 0.5) is 0 Å². The highest BCUT2D eigenvalue weighted by atomic mass is 16.5. The van der Waals surface area contributed by atoms with Gasteiger partial charge in [0.15, 0.2) is 17.6 Å². The number of carbonyl (C=O) groups is 1. The third-order valence-corrected chi connectivity index (χ3v) is 4.51. The Morgan fingerprint density at radius 1 is 1.03 bits per heavy atom. The second kappa shape index (κ2) is 12.2. The standard InChI is InChI=1S/C25H27NO4/c1-5-16-29-22-13-10-20(18-23(22)28-4)14-15-26-25(27)24(30-17-6-2)21-11-8-19(7-3)9-12-21/h1-2,8-13,18,24H,7,14-17H2,3-4H3,(H,26,27)/t24-/m0/s1. The second-order valence-corrected chi connectivity index (χ2v) is 6.51. The summed E-state index contributed by atoms with van der Waals surface area (Å²) in [7, 11) is 1.57. The van der Waals surface area contributed by atoms with Gasteiger partial charge in [-0.15, -0.1) is 12.8 Å². The van der Waals surface area contributed by atoms with Crippen LogP contribution in [0.5, 0.6) is 11.5 Å². The number of methoxy groups -OCH3 is 1. The van der Waals surface area contributed by atoms with E-state index in [1.807, 2.05) is 36.4 Å². The lowest BCUT2D eigenvalue weighted by Crippen LogP contribution is -2.32. The SMILES string of the molecule is C#CCOc1ccc(CCNC(=O)[C@@H](OCC#C)c2ccc(CC)cc2)cc1OC. The number of hydrogen-bond acceptors (Lipinski definition) is 4. The first-order chi connectivity index (χ1) is 14.6. The average molecular weight is 405 g/mol. The molecule has 5 nitrogen and oxygen atoms in total. The molecule has 0 aliphatic carbocycles. The molecule has 0 heterocycles. The first-order valence-electron chi connectivity index (χ1n) is 9.77. The predicted octanol–water partition coefficient (Wildman–Crippen LogP) is 3.32. The first kappa shape index (κ1) is 22.9. The van der Waals surface area contributed by atoms with Crippen LogP contribution in [-0.2, 0) is 22.4 Å². The fourth-order valence-corrected chi connectivity index (χ4v) is 2.91. The summed E-state index contributed by atoms with van der Waals surface area (Å²) in [5, 5.41) is 2.92. The number of amides is 1. The van der Waals surface area contributed by atoms with Crippen molar-refractivity contribution in [3.05, 3.63) is 59.2 Å². The summed E-state index contributed by atoms with van der Waals surface area (Å²) < 4.78 is 16.4. The van der Waals surface area contributed by atoms with E-state index in [0.717, 1.165) is 17.5 Å². The van der Waals surface area contributed by atoms with E-state index in [-0.39, 0.29) is 19.1 Å². The van der Waals surface area contributed by atoms with Crippen LogP contribution in [0.1, 0.15) is 29.7 Å². The molecular weight excluding hydrogens is 378 g/mol. The Bertz CT molecular complexity index is 906. The molecule has 0 bridgehead atoms. The van der Waals surface area contributed by atoms with Crippen molar-refractivity contribution in [2.75, 3.05) is 26.9 Å². The molecule has 1 atom stereocenters. The molecule has 0 aliphatic rings. The van der Waals surface area contributed by atoms with Gasteiger partial charge in [0.2, 0.25) is 0 Å². The quantitative estimate of drug-likeness (QED) is 0.583. The van der Waals surface area contributed by atoms with Crippen molar-refractivity contribution in [1.29, 1.82) is 0 Å². The summed E-state index contributed by atoms with van der Waals surface area (Å²) in [6.45, 7) is 2.75. The summed E-state index contributed by atoms with van der Waals surface area (Å²) >= 11 is 0. The van der Waals surface area contributed by atoms with Gasteiger partial charge in [-0.2, -0.15) is 0 Å². The van der Waals surface area contributed by atoms with Gasteiger partial charge in [-0.05, 0) is 41.7 Å². The van der Waals surface area contributed by atoms with Crippen molar-refractivity contribution < 1.29 is 19.0 Å². The Hall–Kier alpha value is -3.41. The van der Waals surface area contributed by atoms with Crippen LogP contribution >= 0.6 is 0 Å². The van der Waals surface area contributed by atoms with Gasteiger partial charge in [-0.3, -0.25) is 4.79 Å². The van der Waals surface area contributed by atoms with Crippen LogP contribution in [0, 0.1) is 24.7 Å². The predicted molar refractivity (Wildman–Crippen MR) is 117 cm³/mol. The van der Waals surface area contributed by atoms with E-state index in [4.69, 9.17) is 27.1 Å². The smallest absolute Gasteiger partial charge is 0.253 e. The van der Waals surface area contributed by atoms with Gasteiger partial charge < -0.3 is 19.5 Å². The molecule has 2 rings (SSSR count). The van der Waals surface area contributed by atoms with Gasteiger partial charge in [0, 0.05) is 6.54 Å². The number of benzene rings is 2. The zero-order valence-electron chi connectivity index (χ0n) is 17.4. The summed E-state index contributed by atoms with van der Waals surface area (Å²) in [6, 6.07) is 13.4. The Labute approximate surface area is 178 Å². The summed E-state index contributed by atoms with van der Waals surface area (Å²) in [5.74, 6) is 5.80. The topological polar surface area (TPSA) is 56.8 Å². The lowest BCUT2D eigenvalue weighted by atomic mass is 10.0. The summed E-state index contributed by atoms with van der Waals surface area (Å²) in [6.07, 6.45) is 11.3. The van der Waals surface area contributed by atoms with Crippen molar-refractivity contribution in [3.8, 4) is 36.2 Å². The highest BCUT2D eigenvalue weighted by Crippen LogP contribution is 2.28. The molecule has 0 unspecified atom stereocenters. The fourth-order valence-electron chi connectivity index (χ4n) is 2.91. The van der Waals surface area contributed by atoms with Crippen molar-refractivity contribution in [2.45, 2.75) is 25.9 Å². The van der Waals surface area contributed by atoms with Gasteiger partial charge in [0.1, 0.15) is 13.2 Å². The number of aryl methyl sites for hydroxylation is 1. The average Bonchev–Trinajstić information content (AvgIpc) is 2.78. The van der Waals surface area contributed by atoms with Crippen LogP contribution in [0.15, 0.2) is 42.5 Å². The number of hydrogen-bond donors (Lipinski definition) is 1. The molecule has 0 saturated heterocycles. The van der Waals surface area contributed by atoms with Crippen molar-refractivity contribution in [1.82, 2.24) is 5.32 Å². The first-order valence-corrected chi connectivity index (χ1v) is 9.77. The summed E-state index contributed by atoms with van der Waals surface area (Å²) in [4.78, 5) is 12.7. The molecule has 0 aromatic heterocycles. The number of nitrogens with one attached hydrogen (secondary N) is 1. The molecule has 0 fully saturated rings. The third kappa shape index (κ3) is 6.58. The maximum atomic E-state index is 12.7. The van der Waals surface area contributed by atoms with E-state index in [9.17, 15) is 4.79 Å². The molecule has 1 N–H and O–H groups in total. The number of rotatable bonds is 11. The Balaban J connectivity index is 1.99. The largest absolute Gasteiger partial charge is 0.493 e. The van der Waals surface area contributed by atoms with E-state index in [1.54, 1.807) is 13.2 Å². The molecule has 2 aromatic rings. The molecule has 1 amide bonds. The molecule has 0 aliphatic heterocycles. The van der Waals surface area contributed by atoms with Crippen LogP contribution in [0.25, 0.3) is 0 Å². The Morgan fingerprint density at radius 2 is 1.73 bits per heavy atom. The summed E-state index contributed by atoms with van der Waals surface area (Å²) in [5.41, 5.74) is 2.96. The van der Waals surface area contributed by atoms with E-state index < -0.39 is 6.10 Å². The highest BCUT2D eigenvalue weighted by molar-refractivity contribution is 5.82. The monoisotopic (exact) mass is 405 g/mol. The van der Waals surface area contributed by atoms with E-state index in [2.05, 4.69) is 24.1 Å². The van der Waals surface area contributed by atoms with Gasteiger partial charge >= 0.3 is 0 Å². The van der Waals surface area contributed by atoms with E-state index in [1.165, 1.54) is 5.56 Å². The zero-order chi connectivity index (χ0) is 21.8. The lowest BCUT2D eigenvalue weighted by molar-refractivity contribution is -0.132. The number of ether oxygens (including phenoxy) is 3. The zero-order valence-corrected chi connectivity index (χ0v) is 17.4. The van der Waals surface area contributed by atoms with Crippen molar-refractivity contribution in [3.63, 3.8) is 0 Å². The minimum atomic E-state index is -0.749. The Morgan fingerprint density at radius 3 is 2.37 bits per heavy atom. The van der Waals surface area contributed by atoms with Crippen molar-refractivity contribution >= 4 is 5.91 Å². The number of terminal acetylenes is 2. The fraction of sp³-hybridized carbons (Fsp3) is 0.320. The molecule has 0 radical (unpaired) electrons. The van der Waals surface area contributed by atoms with E-state index in [0.29, 0.717) is 24.5 Å². The second-order valence-electron chi connectivity index (χ2n) is 6.51. The van der Waals surface area contributed by atoms with Gasteiger partial charge in [-0.1, -0.05) is 49.1 Å². The Kier molecular flexibility index (Phi) is 9.31. The van der Waals surface area contributed by atoms with Crippen LogP contribution in [0.2, 0.25) is 0 Å². The van der Waals surface area contributed by atoms with Gasteiger partial charge in [0.25, 0.3) is 5.91 Å². The van der Waals surface area contributed by atoms with Crippen LogP contribution in [-0.4, -0.2) is 32.8 Å². The minimum Gasteiger partial charge on any atom is -0.493 e. The molecule has 5 heteroatoms. The molecule has 30 heavy (non-hydrogen) atoms. The third-order valence-electron chi connectivity index (χ3n) is 4.51. The minimum absolute atomic E-state index is 0.0595. The van der Waals surface area contributed by atoms with Crippen LogP contribution < -0.4 is 14.8 Å². The maximum absolute atomic E-state index is 12.7. The maximum Gasteiger partial charge on any atom is 0.253 e. The highest BCUT2D eigenvalue weighted by Gasteiger charge is 2.21. The molecule has 0 saturated carbocycles. The van der Waals surface area contributed by atoms with Crippen LogP contribution in [0.3, 0.4) is 0 Å². The number of carbonyl (C=O) groups excluding carboxylic acids is 1. The molecular formula is C25H27NO4.